The van der Waals surface area contributed by atoms with Crippen molar-refractivity contribution in [2.24, 2.45) is 28.0 Å². The molecule has 0 aromatic heterocycles. The van der Waals surface area contributed by atoms with Crippen LogP contribution in [0.4, 0.5) is 0 Å². The average molecular weight is 369 g/mol. The molecule has 1 amide bonds. The molecule has 0 spiro atoms. The molecule has 4 bridgehead atoms. The smallest absolute Gasteiger partial charge is 0.262 e. The zero-order chi connectivity index (χ0) is 19.0. The van der Waals surface area contributed by atoms with Crippen LogP contribution in [-0.2, 0) is 10.3 Å². The number of nitrogens with zero attached hydrogens (tertiary/aromatic N) is 2. The first-order valence-electron chi connectivity index (χ1n) is 9.81. The summed E-state index contributed by atoms with van der Waals surface area (Å²) in [6.07, 6.45) is 5.34. The van der Waals surface area contributed by atoms with Crippen molar-refractivity contribution in [1.29, 1.82) is 0 Å². The van der Waals surface area contributed by atoms with Gasteiger partial charge in [0.25, 0.3) is 5.91 Å². The van der Waals surface area contributed by atoms with Gasteiger partial charge in [-0.1, -0.05) is 12.1 Å². The highest BCUT2D eigenvalue weighted by molar-refractivity contribution is 6.07. The number of hydrogen-bond acceptors (Lipinski definition) is 5. The van der Waals surface area contributed by atoms with Gasteiger partial charge in [0, 0.05) is 12.5 Å². The summed E-state index contributed by atoms with van der Waals surface area (Å²) in [5.41, 5.74) is 4.91. The van der Waals surface area contributed by atoms with Crippen LogP contribution in [0.1, 0.15) is 44.1 Å². The molecular weight excluding hydrogens is 342 g/mol. The number of ether oxygens (including phenoxy) is 1. The molecule has 144 valence electrons. The Morgan fingerprint density at radius 1 is 1.19 bits per heavy atom. The van der Waals surface area contributed by atoms with Crippen LogP contribution in [0.2, 0.25) is 0 Å². The maximum absolute atomic E-state index is 13.6. The lowest BCUT2D eigenvalue weighted by atomic mass is 9.42. The molecule has 6 heteroatoms. The van der Waals surface area contributed by atoms with E-state index in [1.165, 1.54) is 4.90 Å². The third-order valence-electron chi connectivity index (χ3n) is 7.55. The second-order valence-electron chi connectivity index (χ2n) is 9.24. The van der Waals surface area contributed by atoms with Gasteiger partial charge < -0.3 is 15.6 Å². The lowest BCUT2D eigenvalue weighted by Crippen LogP contribution is -2.64. The molecule has 1 aromatic rings. The normalized spacial score (nSPS) is 42.6. The molecule has 5 aliphatic rings. The summed E-state index contributed by atoms with van der Waals surface area (Å²) in [6, 6.07) is 7.64. The Bertz CT molecular complexity index is 820. The number of rotatable bonds is 3. The number of aliphatic imine (C=N–C) groups is 1. The van der Waals surface area contributed by atoms with Crippen LogP contribution in [0, 0.1) is 17.3 Å². The molecule has 4 aliphatic carbocycles. The van der Waals surface area contributed by atoms with Crippen LogP contribution in [-0.4, -0.2) is 41.6 Å². The van der Waals surface area contributed by atoms with E-state index in [0.29, 0.717) is 18.3 Å². The molecule has 1 aromatic carbocycles. The lowest BCUT2D eigenvalue weighted by Gasteiger charge is -2.63. The van der Waals surface area contributed by atoms with Gasteiger partial charge in [-0.05, 0) is 68.1 Å². The number of aliphatic hydroxyl groups is 1. The van der Waals surface area contributed by atoms with Crippen molar-refractivity contribution in [3.05, 3.63) is 29.8 Å². The third-order valence-corrected chi connectivity index (χ3v) is 7.55. The topological polar surface area (TPSA) is 88.2 Å². The van der Waals surface area contributed by atoms with Gasteiger partial charge in [0.2, 0.25) is 0 Å². The minimum atomic E-state index is -1.05. The van der Waals surface area contributed by atoms with E-state index in [-0.39, 0.29) is 17.3 Å². The molecule has 2 unspecified atom stereocenters. The van der Waals surface area contributed by atoms with E-state index < -0.39 is 11.1 Å². The van der Waals surface area contributed by atoms with Crippen LogP contribution in [0.25, 0.3) is 0 Å². The number of methoxy groups -OCH3 is 1. The van der Waals surface area contributed by atoms with Crippen LogP contribution >= 0.6 is 0 Å². The van der Waals surface area contributed by atoms with Crippen molar-refractivity contribution in [2.45, 2.75) is 49.7 Å². The molecule has 0 saturated heterocycles. The molecule has 6 rings (SSSR count). The average Bonchev–Trinajstić information content (AvgIpc) is 2.85. The summed E-state index contributed by atoms with van der Waals surface area (Å²) in [7, 11) is 3.33. The van der Waals surface area contributed by atoms with E-state index in [1.54, 1.807) is 14.2 Å². The van der Waals surface area contributed by atoms with Crippen LogP contribution in [0.5, 0.6) is 5.75 Å². The number of amides is 1. The van der Waals surface area contributed by atoms with E-state index >= 15 is 0 Å². The Balaban J connectivity index is 1.71. The quantitative estimate of drug-likeness (QED) is 0.853. The second kappa shape index (κ2) is 5.25. The zero-order valence-electron chi connectivity index (χ0n) is 15.9. The van der Waals surface area contributed by atoms with Crippen molar-refractivity contribution in [3.8, 4) is 5.75 Å². The first-order valence-corrected chi connectivity index (χ1v) is 9.81. The molecule has 6 nitrogen and oxygen atoms in total. The standard InChI is InChI=1S/C21H27N3O3/c1-24-17(25)21(23-18(24)22,15-3-5-16(27-2)6-4-15)19-8-13-7-14(9-19)11-20(26,10-13)12-19/h3-6,13-14,26H,7-12H2,1-2H3,(H2,22,23)/t13?,14?,19?,20?,21-/m1/s1. The zero-order valence-corrected chi connectivity index (χ0v) is 15.9. The van der Waals surface area contributed by atoms with E-state index in [2.05, 4.69) is 0 Å². The monoisotopic (exact) mass is 369 g/mol. The van der Waals surface area contributed by atoms with Gasteiger partial charge in [-0.25, -0.2) is 4.99 Å². The molecule has 3 atom stereocenters. The minimum Gasteiger partial charge on any atom is -0.497 e. The van der Waals surface area contributed by atoms with E-state index in [1.807, 2.05) is 24.3 Å². The number of likely N-dealkylation sites (N-methyl/N-ethyl adjacent to an activating group) is 1. The largest absolute Gasteiger partial charge is 0.497 e. The maximum Gasteiger partial charge on any atom is 0.262 e. The van der Waals surface area contributed by atoms with Crippen molar-refractivity contribution in [1.82, 2.24) is 4.90 Å². The maximum atomic E-state index is 13.6. The number of hydrogen-bond donors (Lipinski definition) is 2. The number of carbonyl (C=O) groups excluding carboxylic acids is 1. The van der Waals surface area contributed by atoms with Crippen molar-refractivity contribution in [3.63, 3.8) is 0 Å². The molecule has 3 N–H and O–H groups in total. The molecule has 27 heavy (non-hydrogen) atoms. The summed E-state index contributed by atoms with van der Waals surface area (Å²) in [4.78, 5) is 20.0. The highest BCUT2D eigenvalue weighted by Gasteiger charge is 2.69. The van der Waals surface area contributed by atoms with Crippen molar-refractivity contribution < 1.29 is 14.6 Å². The summed E-state index contributed by atoms with van der Waals surface area (Å²) in [5.74, 6) is 1.85. The Morgan fingerprint density at radius 2 is 1.81 bits per heavy atom. The van der Waals surface area contributed by atoms with Gasteiger partial charge in [-0.15, -0.1) is 0 Å². The predicted molar refractivity (Wildman–Crippen MR) is 101 cm³/mol. The van der Waals surface area contributed by atoms with Crippen LogP contribution < -0.4 is 10.5 Å². The molecule has 1 aliphatic heterocycles. The van der Waals surface area contributed by atoms with Crippen molar-refractivity contribution >= 4 is 11.9 Å². The predicted octanol–water partition coefficient (Wildman–Crippen LogP) is 2.01. The number of carbonyl (C=O) groups is 1. The Kier molecular flexibility index (Phi) is 3.32. The van der Waals surface area contributed by atoms with Gasteiger partial charge in [-0.2, -0.15) is 0 Å². The van der Waals surface area contributed by atoms with E-state index in [0.717, 1.165) is 43.4 Å². The summed E-state index contributed by atoms with van der Waals surface area (Å²) in [5, 5.41) is 11.3. The molecule has 0 radical (unpaired) electrons. The summed E-state index contributed by atoms with van der Waals surface area (Å²) in [6.45, 7) is 0. The number of guanidine groups is 1. The van der Waals surface area contributed by atoms with E-state index in [4.69, 9.17) is 15.5 Å². The first-order chi connectivity index (χ1) is 12.8. The molecule has 4 fully saturated rings. The Labute approximate surface area is 159 Å². The minimum absolute atomic E-state index is 0.0734. The van der Waals surface area contributed by atoms with Gasteiger partial charge in [0.15, 0.2) is 11.5 Å². The number of nitrogens with two attached hydrogens (primary N) is 1. The van der Waals surface area contributed by atoms with E-state index in [9.17, 15) is 9.90 Å². The molecule has 4 saturated carbocycles. The Hall–Kier alpha value is -2.08. The Morgan fingerprint density at radius 3 is 2.30 bits per heavy atom. The molecule has 1 heterocycles. The highest BCUT2D eigenvalue weighted by atomic mass is 16.5. The SMILES string of the molecule is COc1ccc([C@@]2(C34CC5CC(CC(O)(C5)C3)C4)N=C(N)N(C)C2=O)cc1. The molecular formula is C21H27N3O3. The van der Waals surface area contributed by atoms with Gasteiger partial charge >= 0.3 is 0 Å². The van der Waals surface area contributed by atoms with Crippen LogP contribution in [0.15, 0.2) is 29.3 Å². The summed E-state index contributed by atoms with van der Waals surface area (Å²) >= 11 is 0. The first kappa shape index (κ1) is 17.0. The van der Waals surface area contributed by atoms with Crippen molar-refractivity contribution in [2.75, 3.05) is 14.2 Å². The van der Waals surface area contributed by atoms with Crippen LogP contribution in [0.3, 0.4) is 0 Å². The highest BCUT2D eigenvalue weighted by Crippen LogP contribution is 2.68. The van der Waals surface area contributed by atoms with Gasteiger partial charge in [0.1, 0.15) is 5.75 Å². The van der Waals surface area contributed by atoms with Gasteiger partial charge in [-0.3, -0.25) is 9.69 Å². The third kappa shape index (κ3) is 2.10. The second-order valence-corrected chi connectivity index (χ2v) is 9.24. The number of benzene rings is 1. The fraction of sp³-hybridized carbons (Fsp3) is 0.619. The fourth-order valence-electron chi connectivity index (χ4n) is 6.95. The fourth-order valence-corrected chi connectivity index (χ4v) is 6.95. The van der Waals surface area contributed by atoms with Gasteiger partial charge in [0.05, 0.1) is 12.7 Å². The lowest BCUT2D eigenvalue weighted by molar-refractivity contribution is -0.190. The summed E-state index contributed by atoms with van der Waals surface area (Å²) < 4.78 is 5.30.